The maximum absolute atomic E-state index is 11.0. The molecule has 0 fully saturated rings. The van der Waals surface area contributed by atoms with Gasteiger partial charge in [0.05, 0.1) is 4.92 Å². The van der Waals surface area contributed by atoms with Crippen LogP contribution in [0.15, 0.2) is 24.4 Å². The Balaban J connectivity index is 2.07. The molecule has 21 heavy (non-hydrogen) atoms. The molecule has 2 heterocycles. The molecule has 0 amide bonds. The largest absolute Gasteiger partial charge is 0.370 e. The van der Waals surface area contributed by atoms with E-state index in [4.69, 9.17) is 0 Å². The van der Waals surface area contributed by atoms with Gasteiger partial charge in [0.15, 0.2) is 0 Å². The third kappa shape index (κ3) is 3.68. The lowest BCUT2D eigenvalue weighted by atomic mass is 10.3. The second kappa shape index (κ2) is 6.69. The molecule has 0 saturated carbocycles. The lowest BCUT2D eigenvalue weighted by molar-refractivity contribution is -0.384. The fourth-order valence-corrected chi connectivity index (χ4v) is 1.96. The van der Waals surface area contributed by atoms with Gasteiger partial charge in [-0.1, -0.05) is 0 Å². The van der Waals surface area contributed by atoms with Crippen LogP contribution in [-0.2, 0) is 13.5 Å². The van der Waals surface area contributed by atoms with Crippen molar-refractivity contribution < 1.29 is 4.92 Å². The van der Waals surface area contributed by atoms with Crippen LogP contribution in [0.2, 0.25) is 0 Å². The lowest BCUT2D eigenvalue weighted by Crippen LogP contribution is -2.11. The molecule has 0 aliphatic carbocycles. The van der Waals surface area contributed by atoms with Crippen molar-refractivity contribution in [2.75, 3.05) is 23.7 Å². The molecule has 0 aliphatic rings. The lowest BCUT2D eigenvalue weighted by Gasteiger charge is -2.09. The van der Waals surface area contributed by atoms with Gasteiger partial charge in [0.1, 0.15) is 5.82 Å². The van der Waals surface area contributed by atoms with Crippen molar-refractivity contribution in [3.63, 3.8) is 0 Å². The van der Waals surface area contributed by atoms with E-state index in [1.54, 1.807) is 16.9 Å². The molecule has 0 saturated heterocycles. The van der Waals surface area contributed by atoms with Crippen LogP contribution in [-0.4, -0.2) is 32.8 Å². The van der Waals surface area contributed by atoms with Crippen LogP contribution in [0.4, 0.5) is 17.3 Å². The predicted molar refractivity (Wildman–Crippen MR) is 80.5 cm³/mol. The second-order valence-corrected chi connectivity index (χ2v) is 4.47. The zero-order chi connectivity index (χ0) is 15.2. The number of anilines is 2. The number of hydrogen-bond donors (Lipinski definition) is 2. The fraction of sp³-hybridized carbons (Fsp3) is 0.385. The summed E-state index contributed by atoms with van der Waals surface area (Å²) in [4.78, 5) is 14.8. The Morgan fingerprint density at radius 2 is 2.14 bits per heavy atom. The van der Waals surface area contributed by atoms with Crippen molar-refractivity contribution in [3.05, 3.63) is 40.2 Å². The van der Waals surface area contributed by atoms with Gasteiger partial charge in [0.2, 0.25) is 5.82 Å². The Morgan fingerprint density at radius 3 is 2.76 bits per heavy atom. The molecule has 2 aromatic heterocycles. The highest BCUT2D eigenvalue weighted by atomic mass is 16.6. The third-order valence-electron chi connectivity index (χ3n) is 3.02. The first-order chi connectivity index (χ1) is 10.1. The zero-order valence-corrected chi connectivity index (χ0v) is 12.0. The zero-order valence-electron chi connectivity index (χ0n) is 12.0. The van der Waals surface area contributed by atoms with E-state index < -0.39 is 4.92 Å². The van der Waals surface area contributed by atoms with Gasteiger partial charge in [-0.05, 0) is 19.1 Å². The smallest absolute Gasteiger partial charge is 0.311 e. The number of nitrogens with one attached hydrogen (secondary N) is 2. The van der Waals surface area contributed by atoms with Crippen molar-refractivity contribution in [1.29, 1.82) is 0 Å². The van der Waals surface area contributed by atoms with Crippen LogP contribution in [0.25, 0.3) is 0 Å². The van der Waals surface area contributed by atoms with Gasteiger partial charge in [-0.3, -0.25) is 14.8 Å². The minimum absolute atomic E-state index is 0.0262. The summed E-state index contributed by atoms with van der Waals surface area (Å²) in [5.74, 6) is 0.895. The Morgan fingerprint density at radius 1 is 1.33 bits per heavy atom. The molecule has 2 N–H and O–H groups in total. The van der Waals surface area contributed by atoms with E-state index in [0.29, 0.717) is 25.3 Å². The predicted octanol–water partition coefficient (Wildman–Crippen LogP) is 1.81. The van der Waals surface area contributed by atoms with Crippen molar-refractivity contribution in [3.8, 4) is 0 Å². The highest BCUT2D eigenvalue weighted by molar-refractivity contribution is 5.60. The van der Waals surface area contributed by atoms with Crippen LogP contribution in [0.3, 0.4) is 0 Å². The molecule has 8 nitrogen and oxygen atoms in total. The second-order valence-electron chi connectivity index (χ2n) is 4.47. The molecule has 112 valence electrons. The minimum atomic E-state index is -0.435. The average molecular weight is 290 g/mol. The summed E-state index contributed by atoms with van der Waals surface area (Å²) in [5.41, 5.74) is 1.02. The summed E-state index contributed by atoms with van der Waals surface area (Å²) in [6.07, 6.45) is 2.43. The van der Waals surface area contributed by atoms with Gasteiger partial charge in [-0.2, -0.15) is 5.10 Å². The van der Waals surface area contributed by atoms with E-state index in [0.717, 1.165) is 5.69 Å². The fourth-order valence-electron chi connectivity index (χ4n) is 1.96. The number of aromatic nitrogens is 3. The van der Waals surface area contributed by atoms with Crippen molar-refractivity contribution in [1.82, 2.24) is 14.8 Å². The molecule has 0 aromatic carbocycles. The Hall–Kier alpha value is -2.64. The molecule has 0 bridgehead atoms. The van der Waals surface area contributed by atoms with Crippen LogP contribution in [0.5, 0.6) is 0 Å². The molecule has 0 radical (unpaired) electrons. The number of aryl methyl sites for hydroxylation is 1. The Bertz CT molecular complexity index is 625. The number of nitro groups is 1. The van der Waals surface area contributed by atoms with Gasteiger partial charge in [-0.25, -0.2) is 4.98 Å². The third-order valence-corrected chi connectivity index (χ3v) is 3.02. The quantitative estimate of drug-likeness (QED) is 0.596. The number of rotatable bonds is 7. The van der Waals surface area contributed by atoms with Crippen LogP contribution < -0.4 is 10.6 Å². The Labute approximate surface area is 122 Å². The number of hydrogen-bond acceptors (Lipinski definition) is 6. The highest BCUT2D eigenvalue weighted by Gasteiger charge is 2.15. The van der Waals surface area contributed by atoms with E-state index in [1.165, 1.54) is 6.07 Å². The van der Waals surface area contributed by atoms with Crippen molar-refractivity contribution in [2.24, 2.45) is 7.05 Å². The first-order valence-electron chi connectivity index (χ1n) is 6.72. The topological polar surface area (TPSA) is 97.9 Å². The summed E-state index contributed by atoms with van der Waals surface area (Å²) >= 11 is 0. The van der Waals surface area contributed by atoms with Gasteiger partial charge in [-0.15, -0.1) is 0 Å². The minimum Gasteiger partial charge on any atom is -0.370 e. The van der Waals surface area contributed by atoms with E-state index in [1.807, 2.05) is 20.0 Å². The molecule has 0 atom stereocenters. The summed E-state index contributed by atoms with van der Waals surface area (Å²) in [7, 11) is 1.86. The monoisotopic (exact) mass is 290 g/mol. The molecule has 0 unspecified atom stereocenters. The maximum Gasteiger partial charge on any atom is 0.311 e. The van der Waals surface area contributed by atoms with E-state index in [-0.39, 0.29) is 11.5 Å². The van der Waals surface area contributed by atoms with Gasteiger partial charge in [0.25, 0.3) is 0 Å². The molecular weight excluding hydrogens is 272 g/mol. The van der Waals surface area contributed by atoms with Crippen molar-refractivity contribution >= 4 is 17.3 Å². The summed E-state index contributed by atoms with van der Waals surface area (Å²) in [5, 5.41) is 21.2. The number of pyridine rings is 1. The van der Waals surface area contributed by atoms with E-state index in [2.05, 4.69) is 20.7 Å². The molecule has 2 rings (SSSR count). The molecule has 0 aliphatic heterocycles. The highest BCUT2D eigenvalue weighted by Crippen LogP contribution is 2.23. The molecule has 0 spiro atoms. The van der Waals surface area contributed by atoms with Crippen LogP contribution >= 0.6 is 0 Å². The molecule has 2 aromatic rings. The van der Waals surface area contributed by atoms with Gasteiger partial charge in [0, 0.05) is 44.5 Å². The molecular formula is C13H18N6O2. The maximum atomic E-state index is 11.0. The first-order valence-corrected chi connectivity index (χ1v) is 6.72. The summed E-state index contributed by atoms with van der Waals surface area (Å²) in [6.45, 7) is 3.20. The van der Waals surface area contributed by atoms with Gasteiger partial charge >= 0.3 is 5.69 Å². The molecule has 8 heteroatoms. The van der Waals surface area contributed by atoms with E-state index >= 15 is 0 Å². The normalized spacial score (nSPS) is 10.4. The van der Waals surface area contributed by atoms with Gasteiger partial charge < -0.3 is 10.6 Å². The first kappa shape index (κ1) is 14.8. The van der Waals surface area contributed by atoms with Crippen molar-refractivity contribution in [2.45, 2.75) is 13.3 Å². The summed E-state index contributed by atoms with van der Waals surface area (Å²) in [6, 6.07) is 4.98. The summed E-state index contributed by atoms with van der Waals surface area (Å²) < 4.78 is 1.78. The van der Waals surface area contributed by atoms with E-state index in [9.17, 15) is 10.1 Å². The van der Waals surface area contributed by atoms with Crippen LogP contribution in [0, 0.1) is 10.1 Å². The SMILES string of the molecule is CCNc1ccc([N+](=O)[O-])c(NCCc2ccnn2C)n1. The standard InChI is InChI=1S/C13H18N6O2/c1-3-14-12-5-4-11(19(20)21)13(17-12)15-8-6-10-7-9-16-18(10)2/h4-5,7,9H,3,6,8H2,1-2H3,(H2,14,15,17). The number of nitrogens with zero attached hydrogens (tertiary/aromatic N) is 4. The Kier molecular flexibility index (Phi) is 4.70. The average Bonchev–Trinajstić information content (AvgIpc) is 2.85. The van der Waals surface area contributed by atoms with Crippen LogP contribution in [0.1, 0.15) is 12.6 Å².